The molecule has 0 amide bonds. The van der Waals surface area contributed by atoms with E-state index in [4.69, 9.17) is 0 Å². The summed E-state index contributed by atoms with van der Waals surface area (Å²) in [5.74, 6) is 0. The van der Waals surface area contributed by atoms with Crippen LogP contribution >= 0.6 is 0 Å². The maximum absolute atomic E-state index is 12.6. The third kappa shape index (κ3) is 3.96. The van der Waals surface area contributed by atoms with Crippen molar-refractivity contribution in [1.29, 1.82) is 0 Å². The highest BCUT2D eigenvalue weighted by Crippen LogP contribution is 2.31. The lowest BCUT2D eigenvalue weighted by Gasteiger charge is -2.10. The lowest BCUT2D eigenvalue weighted by molar-refractivity contribution is -0.138. The van der Waals surface area contributed by atoms with Crippen molar-refractivity contribution in [2.24, 2.45) is 0 Å². The van der Waals surface area contributed by atoms with Gasteiger partial charge in [0.2, 0.25) is 0 Å². The van der Waals surface area contributed by atoms with E-state index in [0.29, 0.717) is 6.20 Å². The third-order valence-corrected chi connectivity index (χ3v) is 2.78. The van der Waals surface area contributed by atoms with E-state index in [-0.39, 0.29) is 17.5 Å². The van der Waals surface area contributed by atoms with Gasteiger partial charge in [0, 0.05) is 12.4 Å². The van der Waals surface area contributed by atoms with Crippen LogP contribution in [0.4, 0.5) is 26.3 Å². The topological polar surface area (TPSA) is 12.9 Å². The minimum Gasteiger partial charge on any atom is -0.264 e. The van der Waals surface area contributed by atoms with Crippen LogP contribution in [0.1, 0.15) is 22.3 Å². The molecule has 0 N–H and O–H groups in total. The quantitative estimate of drug-likeness (QED) is 0.732. The molecule has 0 unspecified atom stereocenters. The molecule has 0 aliphatic carbocycles. The van der Waals surface area contributed by atoms with Gasteiger partial charge < -0.3 is 0 Å². The van der Waals surface area contributed by atoms with Gasteiger partial charge in [0.25, 0.3) is 0 Å². The number of nitrogens with zero attached hydrogens (tertiary/aromatic N) is 1. The van der Waals surface area contributed by atoms with E-state index in [1.54, 1.807) is 0 Å². The van der Waals surface area contributed by atoms with Gasteiger partial charge >= 0.3 is 12.4 Å². The summed E-state index contributed by atoms with van der Waals surface area (Å²) < 4.78 is 75.3. The SMILES string of the molecule is FC(F)(F)c1cccc(Cc2cncc(C(F)(F)F)c2)c1. The molecule has 1 aromatic carbocycles. The average molecular weight is 305 g/mol. The molecular formula is C14H9F6N. The first-order valence-corrected chi connectivity index (χ1v) is 5.83. The zero-order chi connectivity index (χ0) is 15.7. The summed E-state index contributed by atoms with van der Waals surface area (Å²) in [6.07, 6.45) is -7.19. The fraction of sp³-hybridized carbons (Fsp3) is 0.214. The summed E-state index contributed by atoms with van der Waals surface area (Å²) >= 11 is 0. The zero-order valence-corrected chi connectivity index (χ0v) is 10.5. The molecule has 0 spiro atoms. The van der Waals surface area contributed by atoms with Crippen molar-refractivity contribution in [2.75, 3.05) is 0 Å². The Bertz CT molecular complexity index is 574. The Balaban J connectivity index is 2.27. The molecule has 0 aliphatic heterocycles. The second-order valence-electron chi connectivity index (χ2n) is 4.45. The van der Waals surface area contributed by atoms with Crippen molar-refractivity contribution < 1.29 is 26.3 Å². The lowest BCUT2D eigenvalue weighted by Crippen LogP contribution is -2.07. The second-order valence-corrected chi connectivity index (χ2v) is 4.45. The molecule has 112 valence electrons. The molecule has 2 aromatic rings. The minimum atomic E-state index is -4.53. The molecule has 1 heterocycles. The van der Waals surface area contributed by atoms with Gasteiger partial charge in [0.1, 0.15) is 0 Å². The Morgan fingerprint density at radius 1 is 0.762 bits per heavy atom. The Labute approximate surface area is 116 Å². The fourth-order valence-corrected chi connectivity index (χ4v) is 1.83. The highest BCUT2D eigenvalue weighted by atomic mass is 19.4. The summed E-state index contributed by atoms with van der Waals surface area (Å²) in [7, 11) is 0. The van der Waals surface area contributed by atoms with E-state index in [1.165, 1.54) is 18.3 Å². The summed E-state index contributed by atoms with van der Waals surface area (Å²) in [6.45, 7) is 0. The molecular weight excluding hydrogens is 296 g/mol. The summed E-state index contributed by atoms with van der Waals surface area (Å²) in [6, 6.07) is 5.36. The van der Waals surface area contributed by atoms with Crippen LogP contribution in [0, 0.1) is 0 Å². The number of hydrogen-bond acceptors (Lipinski definition) is 1. The molecule has 7 heteroatoms. The average Bonchev–Trinajstić information content (AvgIpc) is 2.37. The largest absolute Gasteiger partial charge is 0.417 e. The van der Waals surface area contributed by atoms with Crippen molar-refractivity contribution in [3.05, 3.63) is 65.0 Å². The molecule has 1 nitrogen and oxygen atoms in total. The van der Waals surface area contributed by atoms with Crippen molar-refractivity contribution in [2.45, 2.75) is 18.8 Å². The van der Waals surface area contributed by atoms with E-state index >= 15 is 0 Å². The molecule has 0 atom stereocenters. The Kier molecular flexibility index (Phi) is 3.93. The first-order chi connectivity index (χ1) is 9.66. The summed E-state index contributed by atoms with van der Waals surface area (Å²) in [5.41, 5.74) is -1.29. The van der Waals surface area contributed by atoms with Gasteiger partial charge in [-0.05, 0) is 29.7 Å². The lowest BCUT2D eigenvalue weighted by atomic mass is 10.0. The number of rotatable bonds is 2. The smallest absolute Gasteiger partial charge is 0.264 e. The van der Waals surface area contributed by atoms with Gasteiger partial charge in [-0.2, -0.15) is 26.3 Å². The van der Waals surface area contributed by atoms with Gasteiger partial charge in [-0.25, -0.2) is 0 Å². The van der Waals surface area contributed by atoms with Crippen LogP contribution in [0.5, 0.6) is 0 Å². The molecule has 0 fully saturated rings. The first kappa shape index (κ1) is 15.3. The van der Waals surface area contributed by atoms with Crippen molar-refractivity contribution in [1.82, 2.24) is 4.98 Å². The van der Waals surface area contributed by atoms with Crippen LogP contribution in [-0.4, -0.2) is 4.98 Å². The van der Waals surface area contributed by atoms with Gasteiger partial charge in [-0.3, -0.25) is 4.98 Å². The molecule has 2 rings (SSSR count). The van der Waals surface area contributed by atoms with Gasteiger partial charge in [-0.1, -0.05) is 18.2 Å². The van der Waals surface area contributed by atoms with E-state index in [1.807, 2.05) is 0 Å². The van der Waals surface area contributed by atoms with E-state index in [0.717, 1.165) is 18.2 Å². The van der Waals surface area contributed by atoms with Gasteiger partial charge in [0.15, 0.2) is 0 Å². The summed E-state index contributed by atoms with van der Waals surface area (Å²) in [4.78, 5) is 3.48. The highest BCUT2D eigenvalue weighted by Gasteiger charge is 2.31. The predicted octanol–water partition coefficient (Wildman–Crippen LogP) is 4.71. The van der Waals surface area contributed by atoms with Crippen LogP contribution in [0.15, 0.2) is 42.7 Å². The monoisotopic (exact) mass is 305 g/mol. The molecule has 0 saturated carbocycles. The molecule has 0 aliphatic rings. The van der Waals surface area contributed by atoms with Crippen LogP contribution < -0.4 is 0 Å². The van der Waals surface area contributed by atoms with Gasteiger partial charge in [-0.15, -0.1) is 0 Å². The Morgan fingerprint density at radius 3 is 2.00 bits per heavy atom. The number of halogens is 6. The van der Waals surface area contributed by atoms with Crippen molar-refractivity contribution >= 4 is 0 Å². The van der Waals surface area contributed by atoms with Crippen LogP contribution in [0.2, 0.25) is 0 Å². The van der Waals surface area contributed by atoms with Crippen molar-refractivity contribution in [3.8, 4) is 0 Å². The number of alkyl halides is 6. The Morgan fingerprint density at radius 2 is 1.38 bits per heavy atom. The molecule has 0 saturated heterocycles. The maximum Gasteiger partial charge on any atom is 0.417 e. The summed E-state index contributed by atoms with van der Waals surface area (Å²) in [5, 5.41) is 0. The molecule has 0 radical (unpaired) electrons. The van der Waals surface area contributed by atoms with Crippen LogP contribution in [0.3, 0.4) is 0 Å². The third-order valence-electron chi connectivity index (χ3n) is 2.78. The minimum absolute atomic E-state index is 0.0547. The molecule has 0 bridgehead atoms. The van der Waals surface area contributed by atoms with Gasteiger partial charge in [0.05, 0.1) is 11.1 Å². The normalized spacial score (nSPS) is 12.5. The van der Waals surface area contributed by atoms with Crippen LogP contribution in [-0.2, 0) is 18.8 Å². The van der Waals surface area contributed by atoms with Crippen molar-refractivity contribution in [3.63, 3.8) is 0 Å². The fourth-order valence-electron chi connectivity index (χ4n) is 1.83. The standard InChI is InChI=1S/C14H9F6N/c15-13(16,17)11-3-1-2-9(5-11)4-10-6-12(8-21-7-10)14(18,19)20/h1-3,5-8H,4H2. The zero-order valence-electron chi connectivity index (χ0n) is 10.5. The predicted molar refractivity (Wildman–Crippen MR) is 63.5 cm³/mol. The molecule has 21 heavy (non-hydrogen) atoms. The number of hydrogen-bond donors (Lipinski definition) is 0. The molecule has 1 aromatic heterocycles. The van der Waals surface area contributed by atoms with E-state index < -0.39 is 23.5 Å². The number of benzene rings is 1. The first-order valence-electron chi connectivity index (χ1n) is 5.83. The van der Waals surface area contributed by atoms with Crippen LogP contribution in [0.25, 0.3) is 0 Å². The highest BCUT2D eigenvalue weighted by molar-refractivity contribution is 5.31. The maximum atomic E-state index is 12.6. The Hall–Kier alpha value is -2.05. The number of aromatic nitrogens is 1. The second kappa shape index (κ2) is 5.38. The van der Waals surface area contributed by atoms with E-state index in [2.05, 4.69) is 4.98 Å². The number of pyridine rings is 1. The van der Waals surface area contributed by atoms with E-state index in [9.17, 15) is 26.3 Å².